The zero-order valence-electron chi connectivity index (χ0n) is 14.6. The van der Waals surface area contributed by atoms with E-state index in [9.17, 15) is 4.39 Å². The number of nitrogens with one attached hydrogen (secondary N) is 1. The third kappa shape index (κ3) is 4.12. The van der Waals surface area contributed by atoms with Crippen LogP contribution in [0, 0.1) is 12.7 Å². The van der Waals surface area contributed by atoms with Crippen LogP contribution in [0.2, 0.25) is 0 Å². The van der Waals surface area contributed by atoms with Crippen molar-refractivity contribution in [1.29, 1.82) is 0 Å². The minimum Gasteiger partial charge on any atom is -0.367 e. The monoisotopic (exact) mass is 348 g/mol. The zero-order chi connectivity index (χ0) is 17.1. The molecule has 24 heavy (non-hydrogen) atoms. The van der Waals surface area contributed by atoms with Crippen LogP contribution in [0.4, 0.5) is 10.1 Å². The van der Waals surface area contributed by atoms with Crippen molar-refractivity contribution in [3.63, 3.8) is 0 Å². The molecule has 2 heterocycles. The van der Waals surface area contributed by atoms with Crippen molar-refractivity contribution in [3.05, 3.63) is 45.7 Å². The highest BCUT2D eigenvalue weighted by Crippen LogP contribution is 2.24. The normalized spacial score (nSPS) is 17.2. The predicted octanol–water partition coefficient (Wildman–Crippen LogP) is 3.19. The lowest BCUT2D eigenvalue weighted by Crippen LogP contribution is -2.44. The van der Waals surface area contributed by atoms with Gasteiger partial charge in [0.15, 0.2) is 0 Å². The molecule has 0 bridgehead atoms. The largest absolute Gasteiger partial charge is 0.367 e. The topological polar surface area (TPSA) is 31.4 Å². The highest BCUT2D eigenvalue weighted by atomic mass is 32.1. The summed E-state index contributed by atoms with van der Waals surface area (Å²) in [7, 11) is 2.11. The van der Waals surface area contributed by atoms with E-state index in [1.54, 1.807) is 17.4 Å². The van der Waals surface area contributed by atoms with E-state index in [4.69, 9.17) is 0 Å². The molecule has 4 nitrogen and oxygen atoms in total. The van der Waals surface area contributed by atoms with Gasteiger partial charge in [-0.3, -0.25) is 0 Å². The van der Waals surface area contributed by atoms with E-state index in [-0.39, 0.29) is 11.9 Å². The molecule has 2 aromatic rings. The van der Waals surface area contributed by atoms with Gasteiger partial charge in [-0.05, 0) is 38.6 Å². The fourth-order valence-corrected chi connectivity index (χ4v) is 3.57. The van der Waals surface area contributed by atoms with E-state index >= 15 is 0 Å². The lowest BCUT2D eigenvalue weighted by Gasteiger charge is -2.34. The quantitative estimate of drug-likeness (QED) is 0.899. The lowest BCUT2D eigenvalue weighted by atomic mass is 10.1. The number of halogens is 1. The molecule has 6 heteroatoms. The van der Waals surface area contributed by atoms with E-state index < -0.39 is 0 Å². The third-order valence-corrected chi connectivity index (χ3v) is 5.39. The van der Waals surface area contributed by atoms with E-state index in [0.29, 0.717) is 12.2 Å². The first kappa shape index (κ1) is 17.3. The number of piperazine rings is 1. The standard InChI is InChI=1S/C18H25FN4S/c1-13(20-11-16-12-24-14(2)21-16)15-4-5-18(17(19)10-15)23-8-6-22(3)7-9-23/h4-5,10,12-13,20H,6-9,11H2,1-3H3/t13-/m0/s1. The molecule has 1 aliphatic rings. The van der Waals surface area contributed by atoms with Gasteiger partial charge >= 0.3 is 0 Å². The van der Waals surface area contributed by atoms with Crippen molar-refractivity contribution < 1.29 is 4.39 Å². The SMILES string of the molecule is Cc1nc(CN[C@@H](C)c2ccc(N3CCN(C)CC3)c(F)c2)cs1. The number of anilines is 1. The lowest BCUT2D eigenvalue weighted by molar-refractivity contribution is 0.311. The molecule has 1 fully saturated rings. The molecule has 130 valence electrons. The van der Waals surface area contributed by atoms with Crippen molar-refractivity contribution in [2.75, 3.05) is 38.1 Å². The number of aryl methyl sites for hydroxylation is 1. The van der Waals surface area contributed by atoms with Crippen molar-refractivity contribution >= 4 is 17.0 Å². The summed E-state index contributed by atoms with van der Waals surface area (Å²) in [6, 6.07) is 5.70. The van der Waals surface area contributed by atoms with Gasteiger partial charge in [-0.1, -0.05) is 6.07 Å². The van der Waals surface area contributed by atoms with E-state index in [0.717, 1.165) is 42.4 Å². The van der Waals surface area contributed by atoms with Crippen LogP contribution >= 0.6 is 11.3 Å². The van der Waals surface area contributed by atoms with Crippen LogP contribution in [-0.4, -0.2) is 43.1 Å². The Balaban J connectivity index is 1.63. The Kier molecular flexibility index (Phi) is 5.48. The zero-order valence-corrected chi connectivity index (χ0v) is 15.4. The Morgan fingerprint density at radius 2 is 2.04 bits per heavy atom. The van der Waals surface area contributed by atoms with Gasteiger partial charge in [0.05, 0.1) is 16.4 Å². The first-order valence-corrected chi connectivity index (χ1v) is 9.28. The fourth-order valence-electron chi connectivity index (χ4n) is 2.96. The van der Waals surface area contributed by atoms with Gasteiger partial charge in [-0.15, -0.1) is 11.3 Å². The number of aromatic nitrogens is 1. The molecule has 0 saturated carbocycles. The second-order valence-electron chi connectivity index (χ2n) is 6.46. The summed E-state index contributed by atoms with van der Waals surface area (Å²) in [6.07, 6.45) is 0. The van der Waals surface area contributed by atoms with E-state index in [1.165, 1.54) is 0 Å². The Bertz CT molecular complexity index is 679. The van der Waals surface area contributed by atoms with Crippen molar-refractivity contribution in [2.45, 2.75) is 26.4 Å². The van der Waals surface area contributed by atoms with Gasteiger partial charge in [-0.2, -0.15) is 0 Å². The fraction of sp³-hybridized carbons (Fsp3) is 0.500. The summed E-state index contributed by atoms with van der Waals surface area (Å²) < 4.78 is 14.6. The van der Waals surface area contributed by atoms with Gasteiger partial charge in [-0.25, -0.2) is 9.37 Å². The number of hydrogen-bond donors (Lipinski definition) is 1. The molecule has 1 atom stereocenters. The van der Waals surface area contributed by atoms with Gasteiger partial charge in [0.2, 0.25) is 0 Å². The average Bonchev–Trinajstić information content (AvgIpc) is 2.99. The molecular formula is C18H25FN4S. The second kappa shape index (κ2) is 7.59. The van der Waals surface area contributed by atoms with Crippen LogP contribution in [0.5, 0.6) is 0 Å². The molecule has 0 aliphatic carbocycles. The van der Waals surface area contributed by atoms with E-state index in [1.807, 2.05) is 19.1 Å². The molecule has 1 aromatic heterocycles. The summed E-state index contributed by atoms with van der Waals surface area (Å²) in [5, 5.41) is 6.55. The molecule has 0 amide bonds. The van der Waals surface area contributed by atoms with Crippen LogP contribution in [0.3, 0.4) is 0 Å². The highest BCUT2D eigenvalue weighted by Gasteiger charge is 2.18. The molecule has 1 saturated heterocycles. The number of thiazole rings is 1. The molecule has 3 rings (SSSR count). The minimum absolute atomic E-state index is 0.0862. The Morgan fingerprint density at radius 3 is 2.67 bits per heavy atom. The van der Waals surface area contributed by atoms with Crippen LogP contribution in [0.1, 0.15) is 29.2 Å². The van der Waals surface area contributed by atoms with Crippen LogP contribution in [-0.2, 0) is 6.54 Å². The van der Waals surface area contributed by atoms with E-state index in [2.05, 4.69) is 39.5 Å². The average molecular weight is 348 g/mol. The molecule has 1 aromatic carbocycles. The number of nitrogens with zero attached hydrogens (tertiary/aromatic N) is 3. The van der Waals surface area contributed by atoms with Gasteiger partial charge in [0, 0.05) is 44.1 Å². The maximum Gasteiger partial charge on any atom is 0.146 e. The summed E-state index contributed by atoms with van der Waals surface area (Å²) >= 11 is 1.65. The molecule has 1 N–H and O–H groups in total. The number of likely N-dealkylation sites (N-methyl/N-ethyl adjacent to an activating group) is 1. The molecular weight excluding hydrogens is 323 g/mol. The van der Waals surface area contributed by atoms with Gasteiger partial charge in [0.1, 0.15) is 5.82 Å². The molecule has 0 spiro atoms. The Morgan fingerprint density at radius 1 is 1.29 bits per heavy atom. The van der Waals surface area contributed by atoms with Crippen LogP contribution in [0.15, 0.2) is 23.6 Å². The molecule has 0 unspecified atom stereocenters. The number of hydrogen-bond acceptors (Lipinski definition) is 5. The molecule has 0 radical (unpaired) electrons. The summed E-state index contributed by atoms with van der Waals surface area (Å²) in [5.74, 6) is -0.129. The number of benzene rings is 1. The van der Waals surface area contributed by atoms with Gasteiger partial charge < -0.3 is 15.1 Å². The van der Waals surface area contributed by atoms with Gasteiger partial charge in [0.25, 0.3) is 0 Å². The first-order chi connectivity index (χ1) is 11.5. The summed E-state index contributed by atoms with van der Waals surface area (Å²) in [5.41, 5.74) is 2.73. The summed E-state index contributed by atoms with van der Waals surface area (Å²) in [4.78, 5) is 8.85. The minimum atomic E-state index is -0.129. The van der Waals surface area contributed by atoms with Crippen molar-refractivity contribution in [2.24, 2.45) is 0 Å². The second-order valence-corrected chi connectivity index (χ2v) is 7.52. The maximum absolute atomic E-state index is 14.6. The maximum atomic E-state index is 14.6. The first-order valence-electron chi connectivity index (χ1n) is 8.40. The highest BCUT2D eigenvalue weighted by molar-refractivity contribution is 7.09. The number of rotatable bonds is 5. The molecule has 1 aliphatic heterocycles. The smallest absolute Gasteiger partial charge is 0.146 e. The predicted molar refractivity (Wildman–Crippen MR) is 98.2 cm³/mol. The van der Waals surface area contributed by atoms with Crippen molar-refractivity contribution in [3.8, 4) is 0 Å². The van der Waals surface area contributed by atoms with Crippen molar-refractivity contribution in [1.82, 2.24) is 15.2 Å². The van der Waals surface area contributed by atoms with Crippen LogP contribution < -0.4 is 10.2 Å². The Labute approximate surface area is 147 Å². The third-order valence-electron chi connectivity index (χ3n) is 4.57. The Hall–Kier alpha value is -1.50. The summed E-state index contributed by atoms with van der Waals surface area (Å²) in [6.45, 7) is 8.48. The van der Waals surface area contributed by atoms with Crippen LogP contribution in [0.25, 0.3) is 0 Å².